The first-order valence-corrected chi connectivity index (χ1v) is 7.35. The van der Waals surface area contributed by atoms with Gasteiger partial charge in [-0.2, -0.15) is 0 Å². The van der Waals surface area contributed by atoms with E-state index in [4.69, 9.17) is 18.9 Å². The van der Waals surface area contributed by atoms with Crippen LogP contribution in [0.1, 0.15) is 26.7 Å². The molecule has 0 aromatic heterocycles. The second-order valence-corrected chi connectivity index (χ2v) is 5.09. The van der Waals surface area contributed by atoms with Crippen LogP contribution in [-0.2, 0) is 18.9 Å². The number of hydrogen-bond donors (Lipinski definition) is 1. The summed E-state index contributed by atoms with van der Waals surface area (Å²) in [7, 11) is 0. The predicted molar refractivity (Wildman–Crippen MR) is 74.6 cm³/mol. The van der Waals surface area contributed by atoms with Crippen LogP contribution in [0.4, 0.5) is 0 Å². The van der Waals surface area contributed by atoms with Gasteiger partial charge < -0.3 is 24.3 Å². The lowest BCUT2D eigenvalue weighted by Crippen LogP contribution is -2.59. The second kappa shape index (κ2) is 10.6. The fourth-order valence-corrected chi connectivity index (χ4v) is 1.71. The number of unbranched alkanes of at least 4 members (excludes halogenated alkanes) is 1. The minimum atomic E-state index is 0.0235. The highest BCUT2D eigenvalue weighted by atomic mass is 16.6. The number of ether oxygens (including phenoxy) is 4. The monoisotopic (exact) mass is 275 g/mol. The SMILES string of the molecule is CCCCOCCOCCOCCOC1(C)CNC1. The Balaban J connectivity index is 1.69. The third-order valence-electron chi connectivity index (χ3n) is 3.06. The van der Waals surface area contributed by atoms with Gasteiger partial charge >= 0.3 is 0 Å². The Labute approximate surface area is 116 Å². The zero-order valence-corrected chi connectivity index (χ0v) is 12.4. The van der Waals surface area contributed by atoms with Crippen LogP contribution in [0, 0.1) is 0 Å². The average molecular weight is 275 g/mol. The molecule has 0 saturated carbocycles. The largest absolute Gasteiger partial charge is 0.379 e. The predicted octanol–water partition coefficient (Wildman–Crippen LogP) is 1.21. The molecule has 1 aliphatic rings. The highest BCUT2D eigenvalue weighted by Crippen LogP contribution is 2.14. The van der Waals surface area contributed by atoms with E-state index in [0.717, 1.165) is 26.1 Å². The van der Waals surface area contributed by atoms with E-state index in [1.54, 1.807) is 0 Å². The summed E-state index contributed by atoms with van der Waals surface area (Å²) in [5, 5.41) is 3.20. The summed E-state index contributed by atoms with van der Waals surface area (Å²) >= 11 is 0. The van der Waals surface area contributed by atoms with Gasteiger partial charge in [-0.05, 0) is 13.3 Å². The van der Waals surface area contributed by atoms with Gasteiger partial charge in [0.2, 0.25) is 0 Å². The highest BCUT2D eigenvalue weighted by Gasteiger charge is 2.31. The molecule has 114 valence electrons. The number of rotatable bonds is 13. The summed E-state index contributed by atoms with van der Waals surface area (Å²) in [6.07, 6.45) is 2.30. The first-order valence-electron chi connectivity index (χ1n) is 7.35. The normalized spacial score (nSPS) is 17.4. The van der Waals surface area contributed by atoms with Gasteiger partial charge in [-0.15, -0.1) is 0 Å². The first-order chi connectivity index (χ1) is 9.27. The van der Waals surface area contributed by atoms with Crippen molar-refractivity contribution in [1.82, 2.24) is 5.32 Å². The average Bonchev–Trinajstić information content (AvgIpc) is 2.38. The molecule has 0 radical (unpaired) electrons. The van der Waals surface area contributed by atoms with Crippen molar-refractivity contribution >= 4 is 0 Å². The van der Waals surface area contributed by atoms with Crippen LogP contribution in [0.5, 0.6) is 0 Å². The molecule has 0 atom stereocenters. The Hall–Kier alpha value is -0.200. The van der Waals surface area contributed by atoms with Crippen LogP contribution in [0.2, 0.25) is 0 Å². The summed E-state index contributed by atoms with van der Waals surface area (Å²) in [4.78, 5) is 0. The van der Waals surface area contributed by atoms with Gasteiger partial charge in [-0.1, -0.05) is 13.3 Å². The maximum absolute atomic E-state index is 5.70. The summed E-state index contributed by atoms with van der Waals surface area (Å²) < 4.78 is 21.9. The van der Waals surface area contributed by atoms with Crippen molar-refractivity contribution in [1.29, 1.82) is 0 Å². The van der Waals surface area contributed by atoms with Crippen LogP contribution in [0.25, 0.3) is 0 Å². The van der Waals surface area contributed by atoms with Crippen LogP contribution >= 0.6 is 0 Å². The summed E-state index contributed by atoms with van der Waals surface area (Å²) in [6, 6.07) is 0. The van der Waals surface area contributed by atoms with E-state index in [1.807, 2.05) is 0 Å². The minimum absolute atomic E-state index is 0.0235. The molecule has 0 aliphatic carbocycles. The molecule has 0 spiro atoms. The molecule has 1 N–H and O–H groups in total. The summed E-state index contributed by atoms with van der Waals surface area (Å²) in [5.41, 5.74) is 0.0235. The fraction of sp³-hybridized carbons (Fsp3) is 1.00. The first kappa shape index (κ1) is 16.9. The molecule has 5 nitrogen and oxygen atoms in total. The molecule has 1 rings (SSSR count). The standard InChI is InChI=1S/C14H29NO4/c1-3-4-5-16-6-7-17-8-9-18-10-11-19-14(2)12-15-13-14/h15H,3-13H2,1-2H3. The zero-order chi connectivity index (χ0) is 13.8. The Morgan fingerprint density at radius 1 is 0.842 bits per heavy atom. The highest BCUT2D eigenvalue weighted by molar-refractivity contribution is 4.89. The van der Waals surface area contributed by atoms with E-state index in [9.17, 15) is 0 Å². The summed E-state index contributed by atoms with van der Waals surface area (Å²) in [6.45, 7) is 10.8. The minimum Gasteiger partial charge on any atom is -0.379 e. The van der Waals surface area contributed by atoms with E-state index < -0.39 is 0 Å². The van der Waals surface area contributed by atoms with Gasteiger partial charge in [0, 0.05) is 19.7 Å². The molecule has 1 heterocycles. The maximum atomic E-state index is 5.70. The lowest BCUT2D eigenvalue weighted by molar-refractivity contribution is -0.0881. The van der Waals surface area contributed by atoms with E-state index >= 15 is 0 Å². The van der Waals surface area contributed by atoms with Gasteiger partial charge in [0.1, 0.15) is 0 Å². The van der Waals surface area contributed by atoms with Gasteiger partial charge in [0.25, 0.3) is 0 Å². The molecule has 1 fully saturated rings. The molecule has 1 aliphatic heterocycles. The van der Waals surface area contributed by atoms with Crippen LogP contribution in [0.15, 0.2) is 0 Å². The Kier molecular flexibility index (Phi) is 9.38. The molecular weight excluding hydrogens is 246 g/mol. The molecule has 0 unspecified atom stereocenters. The molecule has 5 heteroatoms. The topological polar surface area (TPSA) is 49.0 Å². The lowest BCUT2D eigenvalue weighted by atomic mass is 10.0. The third-order valence-corrected chi connectivity index (χ3v) is 3.06. The van der Waals surface area contributed by atoms with Crippen LogP contribution in [0.3, 0.4) is 0 Å². The van der Waals surface area contributed by atoms with E-state index in [-0.39, 0.29) is 5.60 Å². The van der Waals surface area contributed by atoms with Gasteiger partial charge in [0.15, 0.2) is 0 Å². The van der Waals surface area contributed by atoms with E-state index in [1.165, 1.54) is 6.42 Å². The van der Waals surface area contributed by atoms with Crippen molar-refractivity contribution in [2.75, 3.05) is 59.3 Å². The second-order valence-electron chi connectivity index (χ2n) is 5.09. The van der Waals surface area contributed by atoms with Crippen LogP contribution in [-0.4, -0.2) is 64.9 Å². The number of nitrogens with one attached hydrogen (secondary N) is 1. The molecule has 0 aromatic carbocycles. The van der Waals surface area contributed by atoms with Gasteiger partial charge in [0.05, 0.1) is 45.2 Å². The Morgan fingerprint density at radius 3 is 1.84 bits per heavy atom. The molecule has 0 amide bonds. The van der Waals surface area contributed by atoms with Gasteiger partial charge in [-0.25, -0.2) is 0 Å². The smallest absolute Gasteiger partial charge is 0.0903 e. The maximum Gasteiger partial charge on any atom is 0.0903 e. The van der Waals surface area contributed by atoms with Crippen molar-refractivity contribution in [2.24, 2.45) is 0 Å². The molecular formula is C14H29NO4. The molecule has 19 heavy (non-hydrogen) atoms. The lowest BCUT2D eigenvalue weighted by Gasteiger charge is -2.39. The Bertz CT molecular complexity index is 210. The van der Waals surface area contributed by atoms with Crippen molar-refractivity contribution in [3.63, 3.8) is 0 Å². The quantitative estimate of drug-likeness (QED) is 0.512. The third kappa shape index (κ3) is 8.55. The Morgan fingerprint density at radius 2 is 1.37 bits per heavy atom. The van der Waals surface area contributed by atoms with Crippen molar-refractivity contribution < 1.29 is 18.9 Å². The van der Waals surface area contributed by atoms with E-state index in [0.29, 0.717) is 39.6 Å². The molecule has 0 aromatic rings. The van der Waals surface area contributed by atoms with Crippen molar-refractivity contribution in [3.8, 4) is 0 Å². The summed E-state index contributed by atoms with van der Waals surface area (Å²) in [5.74, 6) is 0. The number of hydrogen-bond acceptors (Lipinski definition) is 5. The zero-order valence-electron chi connectivity index (χ0n) is 12.4. The fourth-order valence-electron chi connectivity index (χ4n) is 1.71. The molecule has 1 saturated heterocycles. The van der Waals surface area contributed by atoms with Crippen molar-refractivity contribution in [2.45, 2.75) is 32.3 Å². The van der Waals surface area contributed by atoms with Crippen LogP contribution < -0.4 is 5.32 Å². The van der Waals surface area contributed by atoms with E-state index in [2.05, 4.69) is 19.2 Å². The van der Waals surface area contributed by atoms with Gasteiger partial charge in [-0.3, -0.25) is 0 Å². The van der Waals surface area contributed by atoms with Crippen molar-refractivity contribution in [3.05, 3.63) is 0 Å². The molecule has 0 bridgehead atoms.